The lowest BCUT2D eigenvalue weighted by Gasteiger charge is -2.08. The Hall–Kier alpha value is -2.57. The zero-order valence-electron chi connectivity index (χ0n) is 12.5. The molecule has 0 aliphatic rings. The van der Waals surface area contributed by atoms with E-state index in [1.54, 1.807) is 49.5 Å². The van der Waals surface area contributed by atoms with Crippen molar-refractivity contribution in [1.29, 1.82) is 0 Å². The smallest absolute Gasteiger partial charge is 0.275 e. The molecule has 0 unspecified atom stereocenters. The number of hydrogen-bond donors (Lipinski definition) is 2. The summed E-state index contributed by atoms with van der Waals surface area (Å²) in [7, 11) is 0. The highest BCUT2D eigenvalue weighted by atomic mass is 35.5. The number of carbonyl (C=O) groups is 1. The topological polar surface area (TPSA) is 80.0 Å². The third-order valence-corrected chi connectivity index (χ3v) is 3.81. The Balaban J connectivity index is 1.68. The highest BCUT2D eigenvalue weighted by Gasteiger charge is 2.10. The number of aromatic nitrogens is 2. The van der Waals surface area contributed by atoms with Crippen molar-refractivity contribution in [2.75, 3.05) is 10.6 Å². The molecular weight excluding hydrogens is 351 g/mol. The van der Waals surface area contributed by atoms with Crippen LogP contribution < -0.4 is 10.6 Å². The summed E-state index contributed by atoms with van der Waals surface area (Å²) in [4.78, 5) is 16.2. The van der Waals surface area contributed by atoms with Gasteiger partial charge in [-0.25, -0.2) is 4.98 Å². The number of pyridine rings is 1. The van der Waals surface area contributed by atoms with Gasteiger partial charge in [0.25, 0.3) is 5.91 Å². The normalized spacial score (nSPS) is 10.5. The maximum Gasteiger partial charge on any atom is 0.275 e. The number of hydrogen-bond acceptors (Lipinski definition) is 5. The summed E-state index contributed by atoms with van der Waals surface area (Å²) >= 11 is 11.9. The van der Waals surface area contributed by atoms with Gasteiger partial charge < -0.3 is 15.2 Å². The summed E-state index contributed by atoms with van der Waals surface area (Å²) in [6.45, 7) is 1.74. The van der Waals surface area contributed by atoms with Gasteiger partial charge in [-0.2, -0.15) is 0 Å². The Kier molecular flexibility index (Phi) is 4.69. The second kappa shape index (κ2) is 6.90. The van der Waals surface area contributed by atoms with Crippen LogP contribution in [0.2, 0.25) is 10.0 Å². The molecule has 3 aromatic rings. The van der Waals surface area contributed by atoms with Crippen LogP contribution in [0.3, 0.4) is 0 Å². The summed E-state index contributed by atoms with van der Waals surface area (Å²) in [6.07, 6.45) is 1.55. The van der Waals surface area contributed by atoms with Crippen LogP contribution in [0, 0.1) is 6.92 Å². The molecule has 0 saturated heterocycles. The van der Waals surface area contributed by atoms with Crippen LogP contribution in [0.5, 0.6) is 0 Å². The quantitative estimate of drug-likeness (QED) is 0.704. The first-order valence-corrected chi connectivity index (χ1v) is 7.69. The molecule has 0 spiro atoms. The summed E-state index contributed by atoms with van der Waals surface area (Å²) < 4.78 is 4.89. The van der Waals surface area contributed by atoms with Gasteiger partial charge in [-0.1, -0.05) is 28.4 Å². The fourth-order valence-corrected chi connectivity index (χ4v) is 2.25. The molecule has 0 aliphatic carbocycles. The zero-order chi connectivity index (χ0) is 17.1. The van der Waals surface area contributed by atoms with E-state index >= 15 is 0 Å². The second-order valence-corrected chi connectivity index (χ2v) is 5.78. The van der Waals surface area contributed by atoms with Crippen molar-refractivity contribution in [1.82, 2.24) is 10.1 Å². The molecule has 0 aliphatic heterocycles. The minimum atomic E-state index is -0.371. The summed E-state index contributed by atoms with van der Waals surface area (Å²) in [5.41, 5.74) is 1.74. The van der Waals surface area contributed by atoms with Crippen molar-refractivity contribution in [2.24, 2.45) is 0 Å². The zero-order valence-corrected chi connectivity index (χ0v) is 14.0. The lowest BCUT2D eigenvalue weighted by Crippen LogP contribution is -2.13. The van der Waals surface area contributed by atoms with E-state index in [1.165, 1.54) is 0 Å². The van der Waals surface area contributed by atoms with Gasteiger partial charge in [-0.05, 0) is 37.3 Å². The first-order valence-electron chi connectivity index (χ1n) is 6.94. The van der Waals surface area contributed by atoms with Crippen LogP contribution in [0.1, 0.15) is 16.2 Å². The number of rotatable bonds is 4. The van der Waals surface area contributed by atoms with Crippen LogP contribution in [-0.4, -0.2) is 16.0 Å². The molecule has 122 valence electrons. The van der Waals surface area contributed by atoms with Crippen LogP contribution >= 0.6 is 23.2 Å². The number of anilines is 3. The van der Waals surface area contributed by atoms with Gasteiger partial charge in [0, 0.05) is 11.8 Å². The number of halogens is 2. The molecule has 2 N–H and O–H groups in total. The van der Waals surface area contributed by atoms with Gasteiger partial charge in [-0.15, -0.1) is 0 Å². The van der Waals surface area contributed by atoms with Crippen molar-refractivity contribution >= 4 is 46.3 Å². The Morgan fingerprint density at radius 2 is 1.88 bits per heavy atom. The number of carbonyl (C=O) groups excluding carboxylic acids is 1. The van der Waals surface area contributed by atoms with E-state index < -0.39 is 0 Å². The van der Waals surface area contributed by atoms with Crippen molar-refractivity contribution < 1.29 is 9.32 Å². The molecule has 0 atom stereocenters. The number of aryl methyl sites for hydroxylation is 1. The lowest BCUT2D eigenvalue weighted by molar-refractivity contribution is 0.102. The molecule has 0 bridgehead atoms. The van der Waals surface area contributed by atoms with Gasteiger partial charge in [0.2, 0.25) is 0 Å². The maximum atomic E-state index is 12.1. The summed E-state index contributed by atoms with van der Waals surface area (Å²) in [6, 6.07) is 10.2. The average molecular weight is 363 g/mol. The molecule has 2 aromatic heterocycles. The molecule has 0 saturated carbocycles. The third-order valence-electron chi connectivity index (χ3n) is 3.07. The molecule has 6 nitrogen and oxygen atoms in total. The van der Waals surface area contributed by atoms with Crippen molar-refractivity contribution in [3.05, 3.63) is 64.1 Å². The van der Waals surface area contributed by atoms with Gasteiger partial charge in [-0.3, -0.25) is 4.79 Å². The molecule has 0 fully saturated rings. The van der Waals surface area contributed by atoms with Crippen molar-refractivity contribution in [3.63, 3.8) is 0 Å². The maximum absolute atomic E-state index is 12.1. The monoisotopic (exact) mass is 362 g/mol. The van der Waals surface area contributed by atoms with Gasteiger partial charge in [0.05, 0.1) is 21.9 Å². The number of nitrogens with one attached hydrogen (secondary N) is 2. The van der Waals surface area contributed by atoms with Crippen LogP contribution in [-0.2, 0) is 0 Å². The molecule has 24 heavy (non-hydrogen) atoms. The van der Waals surface area contributed by atoms with Crippen LogP contribution in [0.15, 0.2) is 47.1 Å². The summed E-state index contributed by atoms with van der Waals surface area (Å²) in [5.74, 6) is 0.584. The largest absolute Gasteiger partial charge is 0.360 e. The Labute approximate surface area is 147 Å². The molecule has 1 amide bonds. The minimum absolute atomic E-state index is 0.260. The highest BCUT2D eigenvalue weighted by molar-refractivity contribution is 6.42. The number of benzene rings is 1. The molecule has 3 rings (SSSR count). The Morgan fingerprint density at radius 1 is 1.08 bits per heavy atom. The van der Waals surface area contributed by atoms with E-state index in [-0.39, 0.29) is 11.6 Å². The molecule has 2 heterocycles. The molecule has 1 aromatic carbocycles. The second-order valence-electron chi connectivity index (χ2n) is 4.96. The fraction of sp³-hybridized carbons (Fsp3) is 0.0625. The van der Waals surface area contributed by atoms with E-state index in [2.05, 4.69) is 20.8 Å². The first-order chi connectivity index (χ1) is 11.5. The summed E-state index contributed by atoms with van der Waals surface area (Å²) in [5, 5.41) is 10.4. The highest BCUT2D eigenvalue weighted by Crippen LogP contribution is 2.26. The average Bonchev–Trinajstić information content (AvgIpc) is 2.96. The van der Waals surface area contributed by atoms with Gasteiger partial charge >= 0.3 is 0 Å². The van der Waals surface area contributed by atoms with E-state index in [1.807, 2.05) is 0 Å². The SMILES string of the molecule is Cc1cc(NC(=O)c2ccc(Nc3ccc(Cl)c(Cl)c3)cn2)no1. The number of nitrogens with zero attached hydrogens (tertiary/aromatic N) is 2. The van der Waals surface area contributed by atoms with E-state index in [9.17, 15) is 4.79 Å². The standard InChI is InChI=1S/C16H12Cl2N4O2/c1-9-6-15(22-24-9)21-16(23)14-5-3-11(8-19-14)20-10-2-4-12(17)13(18)7-10/h2-8,20H,1H3,(H,21,22,23). The van der Waals surface area contributed by atoms with E-state index in [0.717, 1.165) is 5.69 Å². The van der Waals surface area contributed by atoms with Crippen LogP contribution in [0.4, 0.5) is 17.2 Å². The number of amides is 1. The van der Waals surface area contributed by atoms with Gasteiger partial charge in [0.1, 0.15) is 11.5 Å². The molecular formula is C16H12Cl2N4O2. The van der Waals surface area contributed by atoms with E-state index in [4.69, 9.17) is 27.7 Å². The fourth-order valence-electron chi connectivity index (χ4n) is 1.95. The van der Waals surface area contributed by atoms with Crippen LogP contribution in [0.25, 0.3) is 0 Å². The van der Waals surface area contributed by atoms with Gasteiger partial charge in [0.15, 0.2) is 5.82 Å². The third kappa shape index (κ3) is 3.84. The van der Waals surface area contributed by atoms with E-state index in [0.29, 0.717) is 27.3 Å². The Bertz CT molecular complexity index is 878. The molecule has 0 radical (unpaired) electrons. The van der Waals surface area contributed by atoms with Crippen molar-refractivity contribution in [2.45, 2.75) is 6.92 Å². The Morgan fingerprint density at radius 3 is 2.50 bits per heavy atom. The first kappa shape index (κ1) is 16.3. The lowest BCUT2D eigenvalue weighted by atomic mass is 10.3. The predicted octanol–water partition coefficient (Wildman–Crippen LogP) is 4.68. The minimum Gasteiger partial charge on any atom is -0.360 e. The predicted molar refractivity (Wildman–Crippen MR) is 93.2 cm³/mol. The molecule has 8 heteroatoms. The van der Waals surface area contributed by atoms with Crippen molar-refractivity contribution in [3.8, 4) is 0 Å².